The number of amides is 2. The number of carbonyl (C=O) groups excluding carboxylic acids is 1. The number of carboxylic acids is 1. The van der Waals surface area contributed by atoms with E-state index in [1.165, 1.54) is 4.90 Å². The summed E-state index contributed by atoms with van der Waals surface area (Å²) in [6, 6.07) is -1.19. The van der Waals surface area contributed by atoms with Crippen molar-refractivity contribution in [2.24, 2.45) is 5.41 Å². The van der Waals surface area contributed by atoms with Crippen molar-refractivity contribution in [1.29, 1.82) is 0 Å². The maximum Gasteiger partial charge on any atom is 0.327 e. The van der Waals surface area contributed by atoms with Crippen LogP contribution in [0.1, 0.15) is 46.0 Å². The molecule has 2 heterocycles. The number of aliphatic hydroxyl groups is 1. The van der Waals surface area contributed by atoms with E-state index in [4.69, 9.17) is 0 Å². The third-order valence-electron chi connectivity index (χ3n) is 4.84. The molecular formula is C15H26N2O4. The number of hydrogen-bond donors (Lipinski definition) is 2. The summed E-state index contributed by atoms with van der Waals surface area (Å²) in [4.78, 5) is 27.6. The molecule has 21 heavy (non-hydrogen) atoms. The van der Waals surface area contributed by atoms with Crippen molar-refractivity contribution in [3.8, 4) is 0 Å². The van der Waals surface area contributed by atoms with E-state index in [0.717, 1.165) is 32.1 Å². The summed E-state index contributed by atoms with van der Waals surface area (Å²) in [7, 11) is 0. The van der Waals surface area contributed by atoms with E-state index >= 15 is 0 Å². The average Bonchev–Trinajstić information content (AvgIpc) is 2.44. The number of carboxylic acid groups (broad SMARTS) is 1. The number of nitrogens with zero attached hydrogens (tertiary/aromatic N) is 2. The molecule has 2 unspecified atom stereocenters. The Morgan fingerprint density at radius 3 is 2.43 bits per heavy atom. The van der Waals surface area contributed by atoms with Crippen LogP contribution in [0.3, 0.4) is 0 Å². The largest absolute Gasteiger partial charge is 0.480 e. The number of carbonyl (C=O) groups is 2. The van der Waals surface area contributed by atoms with Crippen molar-refractivity contribution in [2.75, 3.05) is 19.7 Å². The van der Waals surface area contributed by atoms with E-state index in [1.54, 1.807) is 4.90 Å². The molecule has 2 rings (SSSR count). The molecule has 0 aromatic carbocycles. The Hall–Kier alpha value is -1.30. The summed E-state index contributed by atoms with van der Waals surface area (Å²) in [6.45, 7) is 4.85. The van der Waals surface area contributed by atoms with Gasteiger partial charge in [-0.3, -0.25) is 0 Å². The molecule has 2 aliphatic heterocycles. The van der Waals surface area contributed by atoms with Crippen LogP contribution in [0.15, 0.2) is 0 Å². The van der Waals surface area contributed by atoms with E-state index in [2.05, 4.69) is 0 Å². The van der Waals surface area contributed by atoms with Crippen molar-refractivity contribution in [3.63, 3.8) is 0 Å². The van der Waals surface area contributed by atoms with Gasteiger partial charge in [0.1, 0.15) is 6.04 Å². The maximum absolute atomic E-state index is 12.8. The number of rotatable bonds is 2. The average molecular weight is 298 g/mol. The highest BCUT2D eigenvalue weighted by Crippen LogP contribution is 2.36. The van der Waals surface area contributed by atoms with Crippen LogP contribution in [0.4, 0.5) is 4.79 Å². The molecule has 0 aromatic heterocycles. The number of piperidine rings is 2. The molecule has 120 valence electrons. The van der Waals surface area contributed by atoms with Gasteiger partial charge in [0, 0.05) is 13.1 Å². The highest BCUT2D eigenvalue weighted by molar-refractivity contribution is 5.84. The standard InChI is InChI=1S/C15H26N2O4/c1-15(2)7-5-9-17(12(15)13(19)20)14(21)16-8-4-3-6-11(16)10-18/h11-12,18H,3-10H2,1-2H3,(H,19,20). The Balaban J connectivity index is 2.21. The minimum atomic E-state index is -0.939. The topological polar surface area (TPSA) is 81.1 Å². The fraction of sp³-hybridized carbons (Fsp3) is 0.867. The Morgan fingerprint density at radius 2 is 1.81 bits per heavy atom. The van der Waals surface area contributed by atoms with Gasteiger partial charge in [0.15, 0.2) is 0 Å². The zero-order valence-corrected chi connectivity index (χ0v) is 12.9. The highest BCUT2D eigenvalue weighted by Gasteiger charge is 2.46. The van der Waals surface area contributed by atoms with Gasteiger partial charge < -0.3 is 20.0 Å². The van der Waals surface area contributed by atoms with Gasteiger partial charge in [0.05, 0.1) is 12.6 Å². The first kappa shape index (κ1) is 16.1. The number of urea groups is 1. The van der Waals surface area contributed by atoms with Crippen LogP contribution in [0.2, 0.25) is 0 Å². The fourth-order valence-electron chi connectivity index (χ4n) is 3.67. The van der Waals surface area contributed by atoms with Crippen molar-refractivity contribution in [2.45, 2.75) is 58.0 Å². The van der Waals surface area contributed by atoms with E-state index in [0.29, 0.717) is 13.1 Å². The van der Waals surface area contributed by atoms with E-state index in [1.807, 2.05) is 13.8 Å². The number of hydrogen-bond acceptors (Lipinski definition) is 3. The summed E-state index contributed by atoms with van der Waals surface area (Å²) >= 11 is 0. The molecule has 0 saturated carbocycles. The van der Waals surface area contributed by atoms with E-state index in [-0.39, 0.29) is 18.7 Å². The molecule has 0 aliphatic carbocycles. The summed E-state index contributed by atoms with van der Waals surface area (Å²) < 4.78 is 0. The van der Waals surface area contributed by atoms with Crippen LogP contribution in [0, 0.1) is 5.41 Å². The molecule has 2 atom stereocenters. The molecule has 2 aliphatic rings. The first-order valence-electron chi connectivity index (χ1n) is 7.79. The van der Waals surface area contributed by atoms with Gasteiger partial charge in [-0.2, -0.15) is 0 Å². The lowest BCUT2D eigenvalue weighted by atomic mass is 9.76. The van der Waals surface area contributed by atoms with Crippen molar-refractivity contribution >= 4 is 12.0 Å². The minimum Gasteiger partial charge on any atom is -0.480 e. The monoisotopic (exact) mass is 298 g/mol. The van der Waals surface area contributed by atoms with Crippen LogP contribution in [0.5, 0.6) is 0 Å². The van der Waals surface area contributed by atoms with Gasteiger partial charge in [-0.15, -0.1) is 0 Å². The first-order chi connectivity index (χ1) is 9.88. The summed E-state index contributed by atoms with van der Waals surface area (Å²) in [5.41, 5.74) is -0.426. The maximum atomic E-state index is 12.8. The Labute approximate surface area is 125 Å². The molecule has 0 radical (unpaired) electrons. The molecule has 2 N–H and O–H groups in total. The summed E-state index contributed by atoms with van der Waals surface area (Å²) in [6.07, 6.45) is 4.33. The third-order valence-corrected chi connectivity index (χ3v) is 4.84. The number of aliphatic carboxylic acids is 1. The molecule has 0 aromatic rings. The van der Waals surface area contributed by atoms with Gasteiger partial charge in [-0.05, 0) is 37.5 Å². The molecular weight excluding hydrogens is 272 g/mol. The van der Waals surface area contributed by atoms with Crippen molar-refractivity contribution < 1.29 is 19.8 Å². The minimum absolute atomic E-state index is 0.0549. The SMILES string of the molecule is CC1(C)CCCN(C(=O)N2CCCCC2CO)C1C(=O)O. The molecule has 0 spiro atoms. The smallest absolute Gasteiger partial charge is 0.327 e. The second-order valence-electron chi connectivity index (χ2n) is 6.83. The molecule has 2 saturated heterocycles. The molecule has 2 amide bonds. The van der Waals surface area contributed by atoms with Crippen LogP contribution in [0.25, 0.3) is 0 Å². The molecule has 0 bridgehead atoms. The van der Waals surface area contributed by atoms with Crippen molar-refractivity contribution in [1.82, 2.24) is 9.80 Å². The lowest BCUT2D eigenvalue weighted by Gasteiger charge is -2.47. The lowest BCUT2D eigenvalue weighted by molar-refractivity contribution is -0.149. The Morgan fingerprint density at radius 1 is 1.14 bits per heavy atom. The lowest BCUT2D eigenvalue weighted by Crippen LogP contribution is -2.61. The zero-order chi connectivity index (χ0) is 15.6. The van der Waals surface area contributed by atoms with Gasteiger partial charge in [0.25, 0.3) is 0 Å². The quantitative estimate of drug-likeness (QED) is 0.810. The van der Waals surface area contributed by atoms with E-state index in [9.17, 15) is 19.8 Å². The van der Waals surface area contributed by atoms with Gasteiger partial charge in [0.2, 0.25) is 0 Å². The first-order valence-corrected chi connectivity index (χ1v) is 7.79. The summed E-state index contributed by atoms with van der Waals surface area (Å²) in [5.74, 6) is -0.939. The Kier molecular flexibility index (Phi) is 4.76. The van der Waals surface area contributed by atoms with Crippen LogP contribution < -0.4 is 0 Å². The fourth-order valence-corrected chi connectivity index (χ4v) is 3.67. The van der Waals surface area contributed by atoms with Crippen LogP contribution >= 0.6 is 0 Å². The molecule has 6 heteroatoms. The predicted octanol–water partition coefficient (Wildman–Crippen LogP) is 1.53. The predicted molar refractivity (Wildman–Crippen MR) is 78.0 cm³/mol. The van der Waals surface area contributed by atoms with Gasteiger partial charge in [-0.25, -0.2) is 9.59 Å². The highest BCUT2D eigenvalue weighted by atomic mass is 16.4. The third kappa shape index (κ3) is 3.15. The van der Waals surface area contributed by atoms with Crippen LogP contribution in [-0.4, -0.2) is 63.8 Å². The Bertz CT molecular complexity index is 410. The normalized spacial score (nSPS) is 29.3. The van der Waals surface area contributed by atoms with Gasteiger partial charge in [-0.1, -0.05) is 13.8 Å². The zero-order valence-electron chi connectivity index (χ0n) is 12.9. The van der Waals surface area contributed by atoms with Crippen molar-refractivity contribution in [3.05, 3.63) is 0 Å². The van der Waals surface area contributed by atoms with Gasteiger partial charge >= 0.3 is 12.0 Å². The molecule has 2 fully saturated rings. The molecule has 6 nitrogen and oxygen atoms in total. The second-order valence-corrected chi connectivity index (χ2v) is 6.83. The van der Waals surface area contributed by atoms with Crippen LogP contribution in [-0.2, 0) is 4.79 Å². The number of likely N-dealkylation sites (tertiary alicyclic amines) is 2. The second kappa shape index (κ2) is 6.22. The summed E-state index contributed by atoms with van der Waals surface area (Å²) in [5, 5.41) is 19.0. The van der Waals surface area contributed by atoms with E-state index < -0.39 is 17.4 Å². The number of aliphatic hydroxyl groups excluding tert-OH is 1.